The number of fused-ring (bicyclic) bond motifs is 3. The van der Waals surface area contributed by atoms with Gasteiger partial charge in [-0.25, -0.2) is 13.8 Å². The van der Waals surface area contributed by atoms with Gasteiger partial charge in [-0.2, -0.15) is 9.97 Å². The van der Waals surface area contributed by atoms with Gasteiger partial charge in [0.25, 0.3) is 0 Å². The van der Waals surface area contributed by atoms with Crippen LogP contribution in [0.15, 0.2) is 24.3 Å². The van der Waals surface area contributed by atoms with Crippen molar-refractivity contribution >= 4 is 27.5 Å². The monoisotopic (exact) mass is 759 g/mol. The molecule has 0 radical (unpaired) electrons. The molecule has 2 aromatic carbocycles. The molecule has 4 unspecified atom stereocenters. The lowest BCUT2D eigenvalue weighted by Crippen LogP contribution is -2.54. The summed E-state index contributed by atoms with van der Waals surface area (Å²) < 4.78 is 62.5. The molecule has 4 atom stereocenters. The number of anilines is 1. The van der Waals surface area contributed by atoms with E-state index in [0.717, 1.165) is 45.2 Å². The summed E-state index contributed by atoms with van der Waals surface area (Å²) in [6.07, 6.45) is 10.7. The molecule has 4 aliphatic rings. The fourth-order valence-corrected chi connectivity index (χ4v) is 9.21. The van der Waals surface area contributed by atoms with Gasteiger partial charge in [0, 0.05) is 35.5 Å². The zero-order valence-corrected chi connectivity index (χ0v) is 31.7. The van der Waals surface area contributed by atoms with Gasteiger partial charge in [-0.3, -0.25) is 4.90 Å². The third-order valence-electron chi connectivity index (χ3n) is 11.5. The second-order valence-electron chi connectivity index (χ2n) is 16.1. The van der Waals surface area contributed by atoms with Crippen LogP contribution in [-0.4, -0.2) is 113 Å². The largest absolute Gasteiger partial charge is 0.508 e. The molecule has 4 aromatic rings. The first-order chi connectivity index (χ1) is 26.3. The fraction of sp³-hybridized carbons (Fsp3) is 0.537. The highest BCUT2D eigenvalue weighted by atomic mass is 19.1. The van der Waals surface area contributed by atoms with E-state index in [2.05, 4.69) is 20.8 Å². The van der Waals surface area contributed by atoms with Gasteiger partial charge in [-0.05, 0) is 76.6 Å². The van der Waals surface area contributed by atoms with Crippen LogP contribution in [-0.2, 0) is 14.2 Å². The summed E-state index contributed by atoms with van der Waals surface area (Å²) in [5, 5.41) is 22.7. The van der Waals surface area contributed by atoms with Crippen molar-refractivity contribution in [2.75, 3.05) is 64.6 Å². The number of aliphatic hydroxyl groups is 1. The molecule has 3 aliphatic heterocycles. The first-order valence-corrected chi connectivity index (χ1v) is 18.9. The second kappa shape index (κ2) is 14.3. The maximum atomic E-state index is 17.3. The number of aromatic nitrogens is 3. The minimum atomic E-state index is -1.25. The third kappa shape index (κ3) is 7.02. The highest BCUT2D eigenvalue weighted by Gasteiger charge is 2.49. The Kier molecular flexibility index (Phi) is 9.74. The van der Waals surface area contributed by atoms with Crippen LogP contribution in [0.1, 0.15) is 58.4 Å². The van der Waals surface area contributed by atoms with Gasteiger partial charge < -0.3 is 38.8 Å². The lowest BCUT2D eigenvalue weighted by molar-refractivity contribution is -0.143. The van der Waals surface area contributed by atoms with Crippen molar-refractivity contribution in [2.24, 2.45) is 5.41 Å². The van der Waals surface area contributed by atoms with Gasteiger partial charge in [-0.15, -0.1) is 6.42 Å². The van der Waals surface area contributed by atoms with Crippen molar-refractivity contribution in [2.45, 2.75) is 76.4 Å². The van der Waals surface area contributed by atoms with Crippen molar-refractivity contribution in [3.8, 4) is 41.2 Å². The number of hydrogen-bond donors (Lipinski definition) is 2. The topological polar surface area (TPSA) is 132 Å². The number of pyridine rings is 1. The number of phenols is 1. The van der Waals surface area contributed by atoms with Crippen molar-refractivity contribution in [3.63, 3.8) is 0 Å². The summed E-state index contributed by atoms with van der Waals surface area (Å²) in [7, 11) is 1.39. The fourth-order valence-electron chi connectivity index (χ4n) is 9.21. The van der Waals surface area contributed by atoms with Gasteiger partial charge >= 0.3 is 6.01 Å². The molecule has 55 heavy (non-hydrogen) atoms. The number of ether oxygens (including phenoxy) is 5. The Bertz CT molecular complexity index is 2180. The molecular formula is C41H47F2N5O7. The van der Waals surface area contributed by atoms with Crippen molar-refractivity contribution < 1.29 is 42.7 Å². The Labute approximate surface area is 318 Å². The number of hydrogen-bond acceptors (Lipinski definition) is 12. The molecule has 0 bridgehead atoms. The number of β-amino-alcohol motifs (C(OH)–C–C–N with tert-alkyl or cyclic N) is 1. The summed E-state index contributed by atoms with van der Waals surface area (Å²) in [5.41, 5.74) is -1.89. The third-order valence-corrected chi connectivity index (χ3v) is 11.5. The van der Waals surface area contributed by atoms with E-state index < -0.39 is 23.0 Å². The molecule has 8 rings (SSSR count). The maximum absolute atomic E-state index is 17.3. The normalized spacial score (nSPS) is 26.9. The van der Waals surface area contributed by atoms with E-state index in [1.807, 2.05) is 13.8 Å². The maximum Gasteiger partial charge on any atom is 0.319 e. The number of aromatic hydroxyl groups is 1. The van der Waals surface area contributed by atoms with E-state index in [1.165, 1.54) is 31.4 Å². The summed E-state index contributed by atoms with van der Waals surface area (Å²) in [4.78, 5) is 18.5. The summed E-state index contributed by atoms with van der Waals surface area (Å²) in [6, 6.07) is 5.58. The number of rotatable bonds is 8. The minimum Gasteiger partial charge on any atom is -0.508 e. The average molecular weight is 760 g/mol. The molecule has 3 saturated heterocycles. The first kappa shape index (κ1) is 37.5. The van der Waals surface area contributed by atoms with Crippen LogP contribution in [0.3, 0.4) is 0 Å². The average Bonchev–Trinajstić information content (AvgIpc) is 3.69. The molecule has 12 nitrogen and oxygen atoms in total. The van der Waals surface area contributed by atoms with Gasteiger partial charge in [0.05, 0.1) is 51.7 Å². The van der Waals surface area contributed by atoms with Crippen LogP contribution in [0, 0.1) is 29.4 Å². The SMILES string of the molecule is C#Cc1c(F)ccc2cc(O)cc(-c3nc(OC)c4c(N5CCOCC(C)(O)C5)nc(OCC56CCCC5N(CC5COC(C)(C)O5)CCC6)nc4c3F)c12. The number of piperidine rings is 1. The van der Waals surface area contributed by atoms with Crippen LogP contribution >= 0.6 is 0 Å². The Hall–Kier alpha value is -4.39. The van der Waals surface area contributed by atoms with Crippen molar-refractivity contribution in [1.82, 2.24) is 19.9 Å². The van der Waals surface area contributed by atoms with Crippen LogP contribution in [0.2, 0.25) is 0 Å². The van der Waals surface area contributed by atoms with E-state index in [1.54, 1.807) is 11.8 Å². The molecule has 1 saturated carbocycles. The molecule has 292 valence electrons. The minimum absolute atomic E-state index is 0.0217. The van der Waals surface area contributed by atoms with E-state index >= 15 is 8.78 Å². The van der Waals surface area contributed by atoms with E-state index in [0.29, 0.717) is 25.1 Å². The zero-order chi connectivity index (χ0) is 38.7. The number of nitrogens with zero attached hydrogens (tertiary/aromatic N) is 5. The zero-order valence-electron chi connectivity index (χ0n) is 31.7. The predicted molar refractivity (Wildman–Crippen MR) is 201 cm³/mol. The highest BCUT2D eigenvalue weighted by Crippen LogP contribution is 2.49. The number of terminal acetylenes is 1. The number of likely N-dealkylation sites (tertiary alicyclic amines) is 1. The Morgan fingerprint density at radius 1 is 1.07 bits per heavy atom. The summed E-state index contributed by atoms with van der Waals surface area (Å²) in [5.74, 6) is 0.264. The standard InChI is InChI=1S/C41H47F2N5O7/c1-6-27-29(42)11-10-24-17-25(49)18-28(31(24)27)34-33(43)35-32(37(44-34)51-5)36(48-15-16-52-22-40(4,50)21-48)46-38(45-35)53-23-41-12-7-9-30(41)47(14-8-13-41)19-26-20-54-39(2,3)55-26/h1,10-11,17-18,26,30,49-50H,7-9,12-16,19-23H2,2-5H3. The number of phenolic OH excluding ortho intramolecular Hbond substituents is 1. The lowest BCUT2D eigenvalue weighted by Gasteiger charge is -2.46. The van der Waals surface area contributed by atoms with E-state index in [9.17, 15) is 10.2 Å². The Balaban J connectivity index is 1.23. The number of benzene rings is 2. The molecular weight excluding hydrogens is 712 g/mol. The van der Waals surface area contributed by atoms with Crippen LogP contribution in [0.4, 0.5) is 14.6 Å². The summed E-state index contributed by atoms with van der Waals surface area (Å²) in [6.45, 7) is 8.91. The molecule has 2 aromatic heterocycles. The van der Waals surface area contributed by atoms with Crippen LogP contribution in [0.25, 0.3) is 32.9 Å². The van der Waals surface area contributed by atoms with Gasteiger partial charge in [0.15, 0.2) is 11.6 Å². The molecule has 1 aliphatic carbocycles. The molecule has 4 fully saturated rings. The highest BCUT2D eigenvalue weighted by molar-refractivity contribution is 6.04. The molecule has 2 N–H and O–H groups in total. The number of halogens is 2. The molecule has 5 heterocycles. The lowest BCUT2D eigenvalue weighted by atomic mass is 9.75. The second-order valence-corrected chi connectivity index (χ2v) is 16.1. The quantitative estimate of drug-likeness (QED) is 0.218. The van der Waals surface area contributed by atoms with Gasteiger partial charge in [0.2, 0.25) is 5.88 Å². The summed E-state index contributed by atoms with van der Waals surface area (Å²) >= 11 is 0. The smallest absolute Gasteiger partial charge is 0.319 e. The van der Waals surface area contributed by atoms with Crippen LogP contribution in [0.5, 0.6) is 17.6 Å². The van der Waals surface area contributed by atoms with Gasteiger partial charge in [0.1, 0.15) is 39.6 Å². The Morgan fingerprint density at radius 3 is 2.65 bits per heavy atom. The molecule has 14 heteroatoms. The Morgan fingerprint density at radius 2 is 1.89 bits per heavy atom. The van der Waals surface area contributed by atoms with Crippen LogP contribution < -0.4 is 14.4 Å². The molecule has 0 spiro atoms. The van der Waals surface area contributed by atoms with E-state index in [4.69, 9.17) is 35.1 Å². The molecule has 0 amide bonds. The van der Waals surface area contributed by atoms with Crippen molar-refractivity contribution in [3.05, 3.63) is 41.5 Å². The van der Waals surface area contributed by atoms with Gasteiger partial charge in [-0.1, -0.05) is 18.4 Å². The van der Waals surface area contributed by atoms with Crippen molar-refractivity contribution in [1.29, 1.82) is 0 Å². The first-order valence-electron chi connectivity index (χ1n) is 18.9. The number of methoxy groups -OCH3 is 1. The van der Waals surface area contributed by atoms with E-state index in [-0.39, 0.29) is 93.9 Å². The predicted octanol–water partition coefficient (Wildman–Crippen LogP) is 5.57.